The monoisotopic (exact) mass is 312 g/mol. The molecule has 21 heavy (non-hydrogen) atoms. The van der Waals surface area contributed by atoms with Gasteiger partial charge in [0.05, 0.1) is 0 Å². The van der Waals surface area contributed by atoms with Crippen LogP contribution in [0.1, 0.15) is 38.7 Å². The Hall–Kier alpha value is -1.26. The van der Waals surface area contributed by atoms with Gasteiger partial charge in [0, 0.05) is 11.6 Å². The van der Waals surface area contributed by atoms with Crippen molar-refractivity contribution in [2.45, 2.75) is 45.6 Å². The van der Waals surface area contributed by atoms with E-state index in [9.17, 15) is 4.79 Å². The van der Waals surface area contributed by atoms with Crippen LogP contribution >= 0.6 is 11.6 Å². The zero-order valence-electron chi connectivity index (χ0n) is 12.8. The molecular weight excluding hydrogens is 288 g/mol. The predicted molar refractivity (Wildman–Crippen MR) is 86.8 cm³/mol. The van der Waals surface area contributed by atoms with Crippen molar-refractivity contribution in [2.24, 2.45) is 5.73 Å². The van der Waals surface area contributed by atoms with E-state index in [2.05, 4.69) is 12.2 Å². The maximum Gasteiger partial charge on any atom is 0.260 e. The number of carbonyl (C=O) groups is 1. The molecule has 0 aliphatic rings. The Morgan fingerprint density at radius 2 is 2.19 bits per heavy atom. The second-order valence-electron chi connectivity index (χ2n) is 5.05. The molecule has 0 spiro atoms. The first kappa shape index (κ1) is 17.8. The average molecular weight is 313 g/mol. The zero-order chi connectivity index (χ0) is 15.7. The molecule has 118 valence electrons. The lowest BCUT2D eigenvalue weighted by Crippen LogP contribution is -2.37. The minimum absolute atomic E-state index is 0.0975. The van der Waals surface area contributed by atoms with E-state index < -0.39 is 6.10 Å². The zero-order valence-corrected chi connectivity index (χ0v) is 13.6. The number of hydrogen-bond acceptors (Lipinski definition) is 3. The summed E-state index contributed by atoms with van der Waals surface area (Å²) in [5.74, 6) is 0.570. The van der Waals surface area contributed by atoms with Crippen LogP contribution in [0.15, 0.2) is 18.2 Å². The second-order valence-corrected chi connectivity index (χ2v) is 5.49. The van der Waals surface area contributed by atoms with Crippen molar-refractivity contribution >= 4 is 17.5 Å². The van der Waals surface area contributed by atoms with Crippen molar-refractivity contribution in [3.05, 3.63) is 28.8 Å². The summed E-state index contributed by atoms with van der Waals surface area (Å²) in [6.07, 6.45) is 3.38. The minimum Gasteiger partial charge on any atom is -0.481 e. The fourth-order valence-electron chi connectivity index (χ4n) is 1.99. The highest BCUT2D eigenvalue weighted by Crippen LogP contribution is 2.24. The van der Waals surface area contributed by atoms with Gasteiger partial charge in [0.25, 0.3) is 5.91 Å². The summed E-state index contributed by atoms with van der Waals surface area (Å²) in [5.41, 5.74) is 6.51. The van der Waals surface area contributed by atoms with Gasteiger partial charge < -0.3 is 15.8 Å². The van der Waals surface area contributed by atoms with Gasteiger partial charge in [0.2, 0.25) is 0 Å². The normalized spacial score (nSPS) is 12.0. The van der Waals surface area contributed by atoms with E-state index in [-0.39, 0.29) is 5.91 Å². The van der Waals surface area contributed by atoms with Crippen LogP contribution in [0.3, 0.4) is 0 Å². The molecule has 0 radical (unpaired) electrons. The Balaban J connectivity index is 2.57. The Bertz CT molecular complexity index is 452. The fourth-order valence-corrected chi connectivity index (χ4v) is 2.18. The van der Waals surface area contributed by atoms with Crippen molar-refractivity contribution in [3.8, 4) is 5.75 Å². The summed E-state index contributed by atoms with van der Waals surface area (Å²) in [6, 6.07) is 5.37. The van der Waals surface area contributed by atoms with Gasteiger partial charge in [-0.25, -0.2) is 0 Å². The molecule has 0 saturated carbocycles. The molecule has 4 nitrogen and oxygen atoms in total. The topological polar surface area (TPSA) is 64.3 Å². The summed E-state index contributed by atoms with van der Waals surface area (Å²) in [5, 5.41) is 3.53. The predicted octanol–water partition coefficient (Wildman–Crippen LogP) is 2.91. The number of rotatable bonds is 9. The van der Waals surface area contributed by atoms with E-state index in [1.807, 2.05) is 6.07 Å². The molecule has 1 aromatic rings. The third-order valence-corrected chi connectivity index (χ3v) is 3.42. The number of nitrogens with two attached hydrogens (primary N) is 1. The Labute approximate surface area is 132 Å². The summed E-state index contributed by atoms with van der Waals surface area (Å²) >= 11 is 5.97. The van der Waals surface area contributed by atoms with Gasteiger partial charge >= 0.3 is 0 Å². The van der Waals surface area contributed by atoms with Crippen molar-refractivity contribution in [3.63, 3.8) is 0 Å². The molecule has 1 amide bonds. The Morgan fingerprint density at radius 1 is 1.43 bits per heavy atom. The highest BCUT2D eigenvalue weighted by atomic mass is 35.5. The molecule has 0 saturated heterocycles. The molecule has 0 aromatic heterocycles. The SMILES string of the molecule is CCCCCNC(=O)C(C)Oc1ccc(Cl)cc1CCN. The molecule has 1 aromatic carbocycles. The molecular formula is C16H25ClN2O2. The van der Waals surface area contributed by atoms with Crippen LogP contribution in [0.25, 0.3) is 0 Å². The molecule has 1 atom stereocenters. The van der Waals surface area contributed by atoms with Crippen LogP contribution < -0.4 is 15.8 Å². The number of amides is 1. The molecule has 0 aliphatic heterocycles. The lowest BCUT2D eigenvalue weighted by atomic mass is 10.1. The molecule has 0 aliphatic carbocycles. The van der Waals surface area contributed by atoms with E-state index in [4.69, 9.17) is 22.1 Å². The first-order valence-corrected chi connectivity index (χ1v) is 7.89. The lowest BCUT2D eigenvalue weighted by molar-refractivity contribution is -0.127. The molecule has 5 heteroatoms. The number of benzene rings is 1. The summed E-state index contributed by atoms with van der Waals surface area (Å²) < 4.78 is 5.75. The number of nitrogens with one attached hydrogen (secondary N) is 1. The van der Waals surface area contributed by atoms with E-state index in [0.717, 1.165) is 24.8 Å². The second kappa shape index (κ2) is 9.64. The van der Waals surface area contributed by atoms with Crippen LogP contribution in [-0.4, -0.2) is 25.1 Å². The molecule has 0 heterocycles. The van der Waals surface area contributed by atoms with Crippen molar-refractivity contribution in [2.75, 3.05) is 13.1 Å². The first-order chi connectivity index (χ1) is 10.1. The molecule has 1 rings (SSSR count). The van der Waals surface area contributed by atoms with Crippen molar-refractivity contribution < 1.29 is 9.53 Å². The van der Waals surface area contributed by atoms with Crippen LogP contribution in [0.4, 0.5) is 0 Å². The summed E-state index contributed by atoms with van der Waals surface area (Å²) in [6.45, 7) is 5.08. The first-order valence-electron chi connectivity index (χ1n) is 7.51. The van der Waals surface area contributed by atoms with E-state index in [1.54, 1.807) is 19.1 Å². The number of halogens is 1. The van der Waals surface area contributed by atoms with Gasteiger partial charge in [0.15, 0.2) is 6.10 Å². The quantitative estimate of drug-likeness (QED) is 0.689. The molecule has 1 unspecified atom stereocenters. The van der Waals surface area contributed by atoms with E-state index in [1.165, 1.54) is 0 Å². The minimum atomic E-state index is -0.538. The molecule has 0 fully saturated rings. The van der Waals surface area contributed by atoms with Gasteiger partial charge in [-0.1, -0.05) is 31.4 Å². The summed E-state index contributed by atoms with van der Waals surface area (Å²) in [4.78, 5) is 12.0. The van der Waals surface area contributed by atoms with Gasteiger partial charge in [-0.2, -0.15) is 0 Å². The van der Waals surface area contributed by atoms with E-state index in [0.29, 0.717) is 30.3 Å². The maximum absolute atomic E-state index is 12.0. The van der Waals surface area contributed by atoms with Gasteiger partial charge in [0.1, 0.15) is 5.75 Å². The van der Waals surface area contributed by atoms with Crippen LogP contribution in [0, 0.1) is 0 Å². The smallest absolute Gasteiger partial charge is 0.260 e. The van der Waals surface area contributed by atoms with Crippen molar-refractivity contribution in [1.29, 1.82) is 0 Å². The number of carbonyl (C=O) groups excluding carboxylic acids is 1. The number of hydrogen-bond donors (Lipinski definition) is 2. The van der Waals surface area contributed by atoms with Gasteiger partial charge in [-0.3, -0.25) is 4.79 Å². The average Bonchev–Trinajstić information content (AvgIpc) is 2.46. The lowest BCUT2D eigenvalue weighted by Gasteiger charge is -2.17. The standard InChI is InChI=1S/C16H25ClN2O2/c1-3-4-5-10-19-16(20)12(2)21-15-7-6-14(17)11-13(15)8-9-18/h6-7,11-12H,3-5,8-10,18H2,1-2H3,(H,19,20). The fraction of sp³-hybridized carbons (Fsp3) is 0.562. The van der Waals surface area contributed by atoms with Gasteiger partial charge in [-0.05, 0) is 50.1 Å². The van der Waals surface area contributed by atoms with E-state index >= 15 is 0 Å². The maximum atomic E-state index is 12.0. The molecule has 3 N–H and O–H groups in total. The van der Waals surface area contributed by atoms with Crippen LogP contribution in [0.2, 0.25) is 5.02 Å². The van der Waals surface area contributed by atoms with Gasteiger partial charge in [-0.15, -0.1) is 0 Å². The number of ether oxygens (including phenoxy) is 1. The third-order valence-electron chi connectivity index (χ3n) is 3.19. The summed E-state index contributed by atoms with van der Waals surface area (Å²) in [7, 11) is 0. The highest BCUT2D eigenvalue weighted by molar-refractivity contribution is 6.30. The van der Waals surface area contributed by atoms with Crippen LogP contribution in [0.5, 0.6) is 5.75 Å². The largest absolute Gasteiger partial charge is 0.481 e. The van der Waals surface area contributed by atoms with Crippen LogP contribution in [-0.2, 0) is 11.2 Å². The molecule has 0 bridgehead atoms. The Morgan fingerprint density at radius 3 is 2.86 bits per heavy atom. The highest BCUT2D eigenvalue weighted by Gasteiger charge is 2.15. The Kier molecular flexibility index (Phi) is 8.16. The third kappa shape index (κ3) is 6.36. The van der Waals surface area contributed by atoms with Crippen molar-refractivity contribution in [1.82, 2.24) is 5.32 Å². The number of unbranched alkanes of at least 4 members (excludes halogenated alkanes) is 2.